The summed E-state index contributed by atoms with van der Waals surface area (Å²) in [7, 11) is 0. The molecule has 100 valence electrons. The molecule has 0 fully saturated rings. The van der Waals surface area contributed by atoms with Gasteiger partial charge in [0.2, 0.25) is 11.9 Å². The molecule has 1 aromatic rings. The number of aromatic nitrogens is 2. The van der Waals surface area contributed by atoms with E-state index in [-0.39, 0.29) is 11.8 Å². The maximum Gasteiger partial charge on any atom is 0.231 e. The first-order chi connectivity index (χ1) is 8.45. The van der Waals surface area contributed by atoms with Gasteiger partial charge in [-0.2, -0.15) is 4.98 Å². The summed E-state index contributed by atoms with van der Waals surface area (Å²) in [4.78, 5) is 20.2. The molecule has 0 aliphatic carbocycles. The van der Waals surface area contributed by atoms with Gasteiger partial charge in [0, 0.05) is 12.5 Å². The molecule has 1 rings (SSSR count). The van der Waals surface area contributed by atoms with E-state index in [4.69, 9.17) is 0 Å². The van der Waals surface area contributed by atoms with Crippen LogP contribution in [0.3, 0.4) is 0 Å². The topological polar surface area (TPSA) is 66.9 Å². The first kappa shape index (κ1) is 15.1. The summed E-state index contributed by atoms with van der Waals surface area (Å²) in [6.07, 6.45) is 1.02. The van der Waals surface area contributed by atoms with Crippen molar-refractivity contribution in [1.82, 2.24) is 9.97 Å². The molecule has 2 N–H and O–H groups in total. The predicted octanol–water partition coefficient (Wildman–Crippen LogP) is 2.81. The van der Waals surface area contributed by atoms with E-state index in [0.717, 1.165) is 28.0 Å². The van der Waals surface area contributed by atoms with Crippen molar-refractivity contribution in [3.05, 3.63) is 9.26 Å². The highest BCUT2D eigenvalue weighted by molar-refractivity contribution is 14.1. The van der Waals surface area contributed by atoms with E-state index in [0.29, 0.717) is 5.95 Å². The fourth-order valence-corrected chi connectivity index (χ4v) is 1.66. The third-order valence-electron chi connectivity index (χ3n) is 2.32. The molecule has 0 unspecified atom stereocenters. The number of carbonyl (C=O) groups excluding carboxylic acids is 1. The van der Waals surface area contributed by atoms with Crippen LogP contribution in [0.5, 0.6) is 0 Å². The number of hydrogen-bond donors (Lipinski definition) is 2. The summed E-state index contributed by atoms with van der Waals surface area (Å²) in [5.74, 6) is 0.992. The number of anilines is 2. The Labute approximate surface area is 121 Å². The highest BCUT2D eigenvalue weighted by atomic mass is 127. The maximum absolute atomic E-state index is 11.6. The lowest BCUT2D eigenvalue weighted by atomic mass is 10.2. The molecule has 0 aromatic carbocycles. The molecule has 0 spiro atoms. The van der Waals surface area contributed by atoms with E-state index in [1.807, 2.05) is 20.8 Å². The Morgan fingerprint density at radius 3 is 2.61 bits per heavy atom. The Morgan fingerprint density at radius 2 is 2.06 bits per heavy atom. The van der Waals surface area contributed by atoms with Gasteiger partial charge in [0.25, 0.3) is 0 Å². The smallest absolute Gasteiger partial charge is 0.231 e. The number of nitrogens with zero attached hydrogens (tertiary/aromatic N) is 2. The normalized spacial score (nSPS) is 10.6. The molecule has 18 heavy (non-hydrogen) atoms. The molecule has 6 heteroatoms. The molecule has 0 bridgehead atoms. The number of amides is 1. The van der Waals surface area contributed by atoms with Crippen molar-refractivity contribution in [1.29, 1.82) is 0 Å². The molecule has 0 atom stereocenters. The van der Waals surface area contributed by atoms with Crippen LogP contribution in [-0.4, -0.2) is 22.4 Å². The van der Waals surface area contributed by atoms with Crippen LogP contribution in [0.4, 0.5) is 11.8 Å². The highest BCUT2D eigenvalue weighted by Crippen LogP contribution is 2.20. The number of carbonyl (C=O) groups is 1. The summed E-state index contributed by atoms with van der Waals surface area (Å²) >= 11 is 2.21. The number of aryl methyl sites for hydroxylation is 1. The van der Waals surface area contributed by atoms with Gasteiger partial charge in [-0.25, -0.2) is 4.98 Å². The number of rotatable bonds is 5. The van der Waals surface area contributed by atoms with Gasteiger partial charge in [0.1, 0.15) is 5.82 Å². The molecule has 5 nitrogen and oxygen atoms in total. The molecule has 0 aliphatic rings. The van der Waals surface area contributed by atoms with Gasteiger partial charge in [-0.15, -0.1) is 0 Å². The van der Waals surface area contributed by atoms with Crippen LogP contribution in [-0.2, 0) is 4.79 Å². The molecule has 1 amide bonds. The van der Waals surface area contributed by atoms with Crippen LogP contribution in [0.25, 0.3) is 0 Å². The van der Waals surface area contributed by atoms with Crippen LogP contribution in [0.15, 0.2) is 0 Å². The zero-order valence-electron chi connectivity index (χ0n) is 11.2. The Kier molecular flexibility index (Phi) is 5.77. The second kappa shape index (κ2) is 6.86. The van der Waals surface area contributed by atoms with E-state index in [1.165, 1.54) is 0 Å². The molecular weight excluding hydrogens is 343 g/mol. The van der Waals surface area contributed by atoms with Crippen molar-refractivity contribution in [2.45, 2.75) is 34.1 Å². The first-order valence-corrected chi connectivity index (χ1v) is 7.12. The summed E-state index contributed by atoms with van der Waals surface area (Å²) in [6, 6.07) is 0. The molecular formula is C12H19IN4O. The Bertz CT molecular complexity index is 434. The van der Waals surface area contributed by atoms with E-state index in [1.54, 1.807) is 0 Å². The summed E-state index contributed by atoms with van der Waals surface area (Å²) < 4.78 is 0.989. The number of halogens is 1. The minimum atomic E-state index is -0.0831. The van der Waals surface area contributed by atoms with E-state index in [2.05, 4.69) is 50.1 Å². The van der Waals surface area contributed by atoms with Crippen molar-refractivity contribution in [2.75, 3.05) is 17.2 Å². The van der Waals surface area contributed by atoms with Crippen LogP contribution in [0.2, 0.25) is 0 Å². The van der Waals surface area contributed by atoms with Gasteiger partial charge in [0.05, 0.1) is 9.26 Å². The van der Waals surface area contributed by atoms with Gasteiger partial charge in [-0.3, -0.25) is 10.1 Å². The number of hydrogen-bond acceptors (Lipinski definition) is 4. The average molecular weight is 362 g/mol. The average Bonchev–Trinajstić information content (AvgIpc) is 2.31. The van der Waals surface area contributed by atoms with Crippen LogP contribution >= 0.6 is 22.6 Å². The molecule has 0 aliphatic heterocycles. The van der Waals surface area contributed by atoms with Gasteiger partial charge in [-0.1, -0.05) is 20.8 Å². The van der Waals surface area contributed by atoms with Crippen LogP contribution in [0.1, 0.15) is 32.9 Å². The Hall–Kier alpha value is -0.920. The quantitative estimate of drug-likeness (QED) is 0.791. The molecule has 1 heterocycles. The van der Waals surface area contributed by atoms with Gasteiger partial charge >= 0.3 is 0 Å². The molecule has 0 radical (unpaired) electrons. The third-order valence-corrected chi connectivity index (χ3v) is 3.61. The van der Waals surface area contributed by atoms with Crippen molar-refractivity contribution < 1.29 is 4.79 Å². The second-order valence-electron chi connectivity index (χ2n) is 4.37. The monoisotopic (exact) mass is 362 g/mol. The first-order valence-electron chi connectivity index (χ1n) is 6.04. The SMILES string of the molecule is CCCNc1nc(NC(=O)C(C)C)nc(C)c1I. The maximum atomic E-state index is 11.6. The van der Waals surface area contributed by atoms with E-state index >= 15 is 0 Å². The highest BCUT2D eigenvalue weighted by Gasteiger charge is 2.12. The zero-order valence-corrected chi connectivity index (χ0v) is 13.3. The predicted molar refractivity (Wildman–Crippen MR) is 81.7 cm³/mol. The third kappa shape index (κ3) is 4.08. The van der Waals surface area contributed by atoms with E-state index < -0.39 is 0 Å². The largest absolute Gasteiger partial charge is 0.369 e. The van der Waals surface area contributed by atoms with Crippen molar-refractivity contribution in [2.24, 2.45) is 5.92 Å². The minimum Gasteiger partial charge on any atom is -0.369 e. The van der Waals surface area contributed by atoms with Gasteiger partial charge < -0.3 is 5.32 Å². The number of nitrogens with one attached hydrogen (secondary N) is 2. The lowest BCUT2D eigenvalue weighted by molar-refractivity contribution is -0.118. The summed E-state index contributed by atoms with van der Waals surface area (Å²) in [5, 5.41) is 5.96. The van der Waals surface area contributed by atoms with Crippen LogP contribution < -0.4 is 10.6 Å². The lowest BCUT2D eigenvalue weighted by Gasteiger charge is -2.12. The molecule has 1 aromatic heterocycles. The van der Waals surface area contributed by atoms with Crippen molar-refractivity contribution in [3.8, 4) is 0 Å². The molecule has 0 saturated heterocycles. The van der Waals surface area contributed by atoms with Gasteiger partial charge in [-0.05, 0) is 35.9 Å². The minimum absolute atomic E-state index is 0.0722. The van der Waals surface area contributed by atoms with Crippen LogP contribution in [0, 0.1) is 16.4 Å². The van der Waals surface area contributed by atoms with Gasteiger partial charge in [0.15, 0.2) is 0 Å². The Balaban J connectivity index is 2.93. The summed E-state index contributed by atoms with van der Waals surface area (Å²) in [6.45, 7) is 8.53. The van der Waals surface area contributed by atoms with Crippen molar-refractivity contribution >= 4 is 40.3 Å². The Morgan fingerprint density at radius 1 is 1.39 bits per heavy atom. The lowest BCUT2D eigenvalue weighted by Crippen LogP contribution is -2.20. The van der Waals surface area contributed by atoms with Crippen molar-refractivity contribution in [3.63, 3.8) is 0 Å². The second-order valence-corrected chi connectivity index (χ2v) is 5.44. The van der Waals surface area contributed by atoms with E-state index in [9.17, 15) is 4.79 Å². The fourth-order valence-electron chi connectivity index (χ4n) is 1.23. The zero-order chi connectivity index (χ0) is 13.7. The fraction of sp³-hybridized carbons (Fsp3) is 0.583. The summed E-state index contributed by atoms with van der Waals surface area (Å²) in [5.41, 5.74) is 0.864. The molecule has 0 saturated carbocycles. The standard InChI is InChI=1S/C12H19IN4O/c1-5-6-14-10-9(13)8(4)15-12(16-10)17-11(18)7(2)3/h7H,5-6H2,1-4H3,(H2,14,15,16,17,18).